The molecule has 0 saturated heterocycles. The Labute approximate surface area is 119 Å². The van der Waals surface area contributed by atoms with Crippen LogP contribution in [0.3, 0.4) is 0 Å². The van der Waals surface area contributed by atoms with Crippen LogP contribution >= 0.6 is 0 Å². The Kier molecular flexibility index (Phi) is 3.96. The number of nitrogens with zero attached hydrogens (tertiary/aromatic N) is 3. The van der Waals surface area contributed by atoms with Crippen LogP contribution in [0.25, 0.3) is 0 Å². The van der Waals surface area contributed by atoms with E-state index in [0.29, 0.717) is 12.0 Å². The van der Waals surface area contributed by atoms with Gasteiger partial charge in [-0.25, -0.2) is 0 Å². The van der Waals surface area contributed by atoms with Crippen molar-refractivity contribution in [2.24, 2.45) is 0 Å². The van der Waals surface area contributed by atoms with Crippen LogP contribution in [0.4, 0.5) is 5.69 Å². The summed E-state index contributed by atoms with van der Waals surface area (Å²) >= 11 is 0. The molecular formula is C15H19N3O2. The molecule has 2 unspecified atom stereocenters. The molecule has 2 atom stereocenters. The van der Waals surface area contributed by atoms with Gasteiger partial charge in [0.1, 0.15) is 6.04 Å². The lowest BCUT2D eigenvalue weighted by Crippen LogP contribution is -2.40. The maximum absolute atomic E-state index is 12.7. The van der Waals surface area contributed by atoms with Gasteiger partial charge >= 0.3 is 0 Å². The van der Waals surface area contributed by atoms with Gasteiger partial charge in [0, 0.05) is 25.3 Å². The molecule has 1 amide bonds. The van der Waals surface area contributed by atoms with E-state index in [1.165, 1.54) is 4.90 Å². The van der Waals surface area contributed by atoms with Crippen molar-refractivity contribution in [1.82, 2.24) is 4.90 Å². The van der Waals surface area contributed by atoms with E-state index in [1.807, 2.05) is 44.1 Å². The predicted octanol–water partition coefficient (Wildman–Crippen LogP) is 1.54. The Morgan fingerprint density at radius 1 is 1.50 bits per heavy atom. The molecule has 0 bridgehead atoms. The lowest BCUT2D eigenvalue weighted by atomic mass is 10.0. The van der Waals surface area contributed by atoms with Crippen LogP contribution in [-0.2, 0) is 0 Å². The largest absolute Gasteiger partial charge is 0.394 e. The third-order valence-corrected chi connectivity index (χ3v) is 3.78. The van der Waals surface area contributed by atoms with Crippen LogP contribution in [0.2, 0.25) is 0 Å². The van der Waals surface area contributed by atoms with Crippen LogP contribution in [0.1, 0.15) is 35.3 Å². The first-order chi connectivity index (χ1) is 9.56. The van der Waals surface area contributed by atoms with Crippen molar-refractivity contribution in [3.05, 3.63) is 29.3 Å². The smallest absolute Gasteiger partial charge is 0.258 e. The van der Waals surface area contributed by atoms with Gasteiger partial charge in [-0.05, 0) is 12.5 Å². The zero-order chi connectivity index (χ0) is 14.9. The number of anilines is 1. The minimum Gasteiger partial charge on any atom is -0.394 e. The summed E-state index contributed by atoms with van der Waals surface area (Å²) in [6, 6.07) is 6.79. The number of aliphatic hydroxyl groups excluding tert-OH is 1. The Morgan fingerprint density at radius 3 is 2.70 bits per heavy atom. The zero-order valence-electron chi connectivity index (χ0n) is 12.0. The zero-order valence-corrected chi connectivity index (χ0v) is 12.0. The highest BCUT2D eigenvalue weighted by molar-refractivity contribution is 6.05. The molecule has 5 heteroatoms. The fourth-order valence-electron chi connectivity index (χ4n) is 2.71. The van der Waals surface area contributed by atoms with Crippen molar-refractivity contribution >= 4 is 11.6 Å². The summed E-state index contributed by atoms with van der Waals surface area (Å²) in [5.74, 6) is -0.170. The number of aliphatic hydroxyl groups is 1. The quantitative estimate of drug-likeness (QED) is 0.903. The van der Waals surface area contributed by atoms with Crippen molar-refractivity contribution in [2.45, 2.75) is 25.4 Å². The van der Waals surface area contributed by atoms with Crippen molar-refractivity contribution in [2.75, 3.05) is 25.6 Å². The molecule has 1 aromatic carbocycles. The van der Waals surface area contributed by atoms with Gasteiger partial charge in [0.15, 0.2) is 0 Å². The summed E-state index contributed by atoms with van der Waals surface area (Å²) in [5.41, 5.74) is 2.12. The number of fused-ring (bicyclic) bond motifs is 1. The van der Waals surface area contributed by atoms with Gasteiger partial charge in [0.05, 0.1) is 24.3 Å². The number of nitriles is 1. The van der Waals surface area contributed by atoms with Gasteiger partial charge in [0.25, 0.3) is 5.91 Å². The van der Waals surface area contributed by atoms with E-state index >= 15 is 0 Å². The predicted molar refractivity (Wildman–Crippen MR) is 76.5 cm³/mol. The molecule has 0 saturated carbocycles. The van der Waals surface area contributed by atoms with Gasteiger partial charge in [-0.15, -0.1) is 0 Å². The maximum atomic E-state index is 12.7. The summed E-state index contributed by atoms with van der Waals surface area (Å²) in [6.07, 6.45) is 0.617. The van der Waals surface area contributed by atoms with Crippen molar-refractivity contribution in [1.29, 1.82) is 5.26 Å². The minimum absolute atomic E-state index is 0.133. The molecule has 1 N–H and O–H groups in total. The molecule has 0 aliphatic carbocycles. The number of hydrogen-bond donors (Lipinski definition) is 1. The molecule has 5 nitrogen and oxygen atoms in total. The molecule has 1 aliphatic heterocycles. The van der Waals surface area contributed by atoms with Gasteiger partial charge in [-0.3, -0.25) is 4.79 Å². The highest BCUT2D eigenvalue weighted by Gasteiger charge is 2.41. The van der Waals surface area contributed by atoms with E-state index in [1.54, 1.807) is 0 Å². The van der Waals surface area contributed by atoms with Crippen molar-refractivity contribution in [3.8, 4) is 6.07 Å². The Morgan fingerprint density at radius 2 is 2.20 bits per heavy atom. The van der Waals surface area contributed by atoms with Crippen molar-refractivity contribution in [3.63, 3.8) is 0 Å². The fraction of sp³-hybridized carbons (Fsp3) is 0.467. The Hall–Kier alpha value is -2.06. The molecule has 106 valence electrons. The summed E-state index contributed by atoms with van der Waals surface area (Å²) in [5, 5.41) is 18.9. The van der Waals surface area contributed by atoms with Gasteiger partial charge in [0.2, 0.25) is 0 Å². The average molecular weight is 273 g/mol. The maximum Gasteiger partial charge on any atom is 0.258 e. The van der Waals surface area contributed by atoms with E-state index in [4.69, 9.17) is 0 Å². The molecular weight excluding hydrogens is 254 g/mol. The summed E-state index contributed by atoms with van der Waals surface area (Å²) in [7, 11) is 3.74. The Balaban J connectivity index is 2.57. The first kappa shape index (κ1) is 14.4. The summed E-state index contributed by atoms with van der Waals surface area (Å²) < 4.78 is 0. The second kappa shape index (κ2) is 5.51. The van der Waals surface area contributed by atoms with Crippen LogP contribution in [0.5, 0.6) is 0 Å². The van der Waals surface area contributed by atoms with Crippen LogP contribution in [0, 0.1) is 11.3 Å². The second-order valence-electron chi connectivity index (χ2n) is 5.12. The van der Waals surface area contributed by atoms with Gasteiger partial charge in [-0.1, -0.05) is 19.1 Å². The average Bonchev–Trinajstić information content (AvgIpc) is 2.73. The molecule has 0 fully saturated rings. The highest BCUT2D eigenvalue weighted by atomic mass is 16.3. The van der Waals surface area contributed by atoms with E-state index in [2.05, 4.69) is 6.07 Å². The van der Waals surface area contributed by atoms with E-state index < -0.39 is 6.04 Å². The number of benzene rings is 1. The van der Waals surface area contributed by atoms with E-state index in [-0.39, 0.29) is 18.6 Å². The summed E-state index contributed by atoms with van der Waals surface area (Å²) in [4.78, 5) is 16.1. The molecule has 2 rings (SSSR count). The third kappa shape index (κ3) is 2.02. The first-order valence-corrected chi connectivity index (χ1v) is 6.70. The highest BCUT2D eigenvalue weighted by Crippen LogP contribution is 2.39. The number of carbonyl (C=O) groups excluding carboxylic acids is 1. The number of amides is 1. The Bertz CT molecular complexity index is 559. The lowest BCUT2D eigenvalue weighted by Gasteiger charge is -2.28. The van der Waals surface area contributed by atoms with Crippen LogP contribution in [-0.4, -0.2) is 42.7 Å². The van der Waals surface area contributed by atoms with Gasteiger partial charge in [-0.2, -0.15) is 5.26 Å². The molecule has 1 heterocycles. The standard InChI is InChI=1S/C15H19N3O2/c1-4-10(9-19)18-13(8-16)11-6-5-7-12(17(2)3)14(11)15(18)20/h5-7,10,13,19H,4,9H2,1-3H3. The fourth-order valence-corrected chi connectivity index (χ4v) is 2.71. The normalized spacial score (nSPS) is 18.6. The van der Waals surface area contributed by atoms with E-state index in [9.17, 15) is 15.2 Å². The molecule has 20 heavy (non-hydrogen) atoms. The van der Waals surface area contributed by atoms with Gasteiger partial charge < -0.3 is 14.9 Å². The molecule has 0 aromatic heterocycles. The SMILES string of the molecule is CCC(CO)N1C(=O)c2c(cccc2N(C)C)C1C#N. The second-order valence-corrected chi connectivity index (χ2v) is 5.12. The molecule has 1 aromatic rings. The monoisotopic (exact) mass is 273 g/mol. The van der Waals surface area contributed by atoms with Crippen molar-refractivity contribution < 1.29 is 9.90 Å². The minimum atomic E-state index is -0.616. The molecule has 0 spiro atoms. The first-order valence-electron chi connectivity index (χ1n) is 6.70. The van der Waals surface area contributed by atoms with Crippen LogP contribution < -0.4 is 4.90 Å². The summed E-state index contributed by atoms with van der Waals surface area (Å²) in [6.45, 7) is 1.77. The lowest BCUT2D eigenvalue weighted by molar-refractivity contribution is 0.0573. The van der Waals surface area contributed by atoms with Crippen LogP contribution in [0.15, 0.2) is 18.2 Å². The number of carbonyl (C=O) groups is 1. The molecule has 1 aliphatic rings. The van der Waals surface area contributed by atoms with E-state index in [0.717, 1.165) is 11.3 Å². The molecule has 0 radical (unpaired) electrons. The topological polar surface area (TPSA) is 67.6 Å². The number of hydrogen-bond acceptors (Lipinski definition) is 4. The third-order valence-electron chi connectivity index (χ3n) is 3.78. The number of rotatable bonds is 4.